The topological polar surface area (TPSA) is 67.8 Å². The summed E-state index contributed by atoms with van der Waals surface area (Å²) >= 11 is 0. The molecule has 1 aromatic carbocycles. The van der Waals surface area contributed by atoms with Gasteiger partial charge in [0, 0.05) is 6.07 Å². The quantitative estimate of drug-likeness (QED) is 0.624. The van der Waals surface area contributed by atoms with E-state index in [2.05, 4.69) is 0 Å². The standard InChI is InChI=1S/C8H3FN2O/c9-7-1-6(4-11)8(12)2-5(7)3-10/h1-2,12H. The molecule has 1 rings (SSSR count). The molecule has 0 aliphatic heterocycles. The molecule has 12 heavy (non-hydrogen) atoms. The number of hydrogen-bond acceptors (Lipinski definition) is 3. The van der Waals surface area contributed by atoms with Gasteiger partial charge in [0.15, 0.2) is 0 Å². The Morgan fingerprint density at radius 2 is 1.75 bits per heavy atom. The highest BCUT2D eigenvalue weighted by molar-refractivity contribution is 5.48. The van der Waals surface area contributed by atoms with Gasteiger partial charge in [-0.2, -0.15) is 10.5 Å². The molecule has 4 heteroatoms. The number of aromatic hydroxyl groups is 1. The van der Waals surface area contributed by atoms with Gasteiger partial charge in [-0.1, -0.05) is 0 Å². The third-order valence-electron chi connectivity index (χ3n) is 1.33. The van der Waals surface area contributed by atoms with Crippen LogP contribution in [0.1, 0.15) is 11.1 Å². The number of hydrogen-bond donors (Lipinski definition) is 1. The fraction of sp³-hybridized carbons (Fsp3) is 0. The van der Waals surface area contributed by atoms with Crippen LogP contribution in [0.15, 0.2) is 12.1 Å². The van der Waals surface area contributed by atoms with E-state index in [1.54, 1.807) is 12.1 Å². The summed E-state index contributed by atoms with van der Waals surface area (Å²) in [7, 11) is 0. The Bertz CT molecular complexity index is 361. The molecule has 0 bridgehead atoms. The highest BCUT2D eigenvalue weighted by Gasteiger charge is 2.07. The predicted molar refractivity (Wildman–Crippen MR) is 37.5 cm³/mol. The van der Waals surface area contributed by atoms with Gasteiger partial charge < -0.3 is 5.11 Å². The van der Waals surface area contributed by atoms with Gasteiger partial charge >= 0.3 is 0 Å². The van der Waals surface area contributed by atoms with Crippen molar-refractivity contribution in [3.63, 3.8) is 0 Å². The molecule has 0 atom stereocenters. The third kappa shape index (κ3) is 1.18. The zero-order valence-corrected chi connectivity index (χ0v) is 5.87. The molecule has 1 N–H and O–H groups in total. The van der Waals surface area contributed by atoms with Crippen molar-refractivity contribution in [3.8, 4) is 17.9 Å². The summed E-state index contributed by atoms with van der Waals surface area (Å²) < 4.78 is 12.7. The Morgan fingerprint density at radius 3 is 2.25 bits per heavy atom. The van der Waals surface area contributed by atoms with Crippen molar-refractivity contribution in [2.45, 2.75) is 0 Å². The van der Waals surface area contributed by atoms with Crippen molar-refractivity contribution in [1.29, 1.82) is 10.5 Å². The number of rotatable bonds is 0. The van der Waals surface area contributed by atoms with Gasteiger partial charge in [0.1, 0.15) is 23.7 Å². The second-order valence-electron chi connectivity index (χ2n) is 2.07. The van der Waals surface area contributed by atoms with Gasteiger partial charge in [0.2, 0.25) is 0 Å². The van der Waals surface area contributed by atoms with Crippen molar-refractivity contribution in [2.75, 3.05) is 0 Å². The predicted octanol–water partition coefficient (Wildman–Crippen LogP) is 1.27. The fourth-order valence-electron chi connectivity index (χ4n) is 0.737. The van der Waals surface area contributed by atoms with Crippen molar-refractivity contribution < 1.29 is 9.50 Å². The average molecular weight is 162 g/mol. The Hall–Kier alpha value is -2.07. The Morgan fingerprint density at radius 1 is 1.17 bits per heavy atom. The maximum absolute atomic E-state index is 12.7. The number of phenols is 1. The summed E-state index contributed by atoms with van der Waals surface area (Å²) in [6.07, 6.45) is 0. The number of benzene rings is 1. The highest BCUT2D eigenvalue weighted by Crippen LogP contribution is 2.19. The number of nitriles is 2. The van der Waals surface area contributed by atoms with Crippen LogP contribution in [0.25, 0.3) is 0 Å². The normalized spacial score (nSPS) is 8.58. The van der Waals surface area contributed by atoms with Gasteiger partial charge in [-0.25, -0.2) is 4.39 Å². The SMILES string of the molecule is N#Cc1cc(F)c(C#N)cc1O. The molecular formula is C8H3FN2O. The van der Waals surface area contributed by atoms with E-state index in [0.717, 1.165) is 12.1 Å². The number of halogens is 1. The van der Waals surface area contributed by atoms with E-state index in [1.165, 1.54) is 0 Å². The Kier molecular flexibility index (Phi) is 1.94. The molecule has 0 unspecified atom stereocenters. The lowest BCUT2D eigenvalue weighted by molar-refractivity contribution is 0.471. The van der Waals surface area contributed by atoms with Crippen molar-refractivity contribution >= 4 is 0 Å². The minimum atomic E-state index is -0.799. The molecule has 0 radical (unpaired) electrons. The first kappa shape index (κ1) is 8.03. The molecule has 0 fully saturated rings. The molecule has 0 aliphatic rings. The molecule has 0 saturated heterocycles. The van der Waals surface area contributed by atoms with Gasteiger partial charge in [-0.05, 0) is 6.07 Å². The summed E-state index contributed by atoms with van der Waals surface area (Å²) in [5.74, 6) is -1.18. The first-order valence-corrected chi connectivity index (χ1v) is 3.01. The number of nitrogens with zero attached hydrogens (tertiary/aromatic N) is 2. The monoisotopic (exact) mass is 162 g/mol. The van der Waals surface area contributed by atoms with E-state index in [0.29, 0.717) is 0 Å². The van der Waals surface area contributed by atoms with E-state index in [1.807, 2.05) is 0 Å². The molecule has 58 valence electrons. The first-order chi connectivity index (χ1) is 5.69. The van der Waals surface area contributed by atoms with Gasteiger partial charge in [0.05, 0.1) is 11.1 Å². The lowest BCUT2D eigenvalue weighted by Gasteiger charge is -1.96. The minimum absolute atomic E-state index is 0.175. The Labute approximate surface area is 67.9 Å². The van der Waals surface area contributed by atoms with Crippen molar-refractivity contribution in [1.82, 2.24) is 0 Å². The Balaban J connectivity index is 3.41. The van der Waals surface area contributed by atoms with Crippen LogP contribution < -0.4 is 0 Å². The highest BCUT2D eigenvalue weighted by atomic mass is 19.1. The molecule has 0 amide bonds. The molecular weight excluding hydrogens is 159 g/mol. The van der Waals surface area contributed by atoms with Crippen LogP contribution in [-0.2, 0) is 0 Å². The summed E-state index contributed by atoms with van der Waals surface area (Å²) in [4.78, 5) is 0. The zero-order chi connectivity index (χ0) is 9.14. The third-order valence-corrected chi connectivity index (χ3v) is 1.33. The molecule has 1 aromatic rings. The minimum Gasteiger partial charge on any atom is -0.507 e. The second kappa shape index (κ2) is 2.89. The van der Waals surface area contributed by atoms with E-state index < -0.39 is 5.82 Å². The van der Waals surface area contributed by atoms with Gasteiger partial charge in [0.25, 0.3) is 0 Å². The largest absolute Gasteiger partial charge is 0.507 e. The van der Waals surface area contributed by atoms with Crippen LogP contribution in [0.4, 0.5) is 4.39 Å². The van der Waals surface area contributed by atoms with Crippen LogP contribution in [0.3, 0.4) is 0 Å². The van der Waals surface area contributed by atoms with Gasteiger partial charge in [-0.15, -0.1) is 0 Å². The van der Waals surface area contributed by atoms with E-state index in [4.69, 9.17) is 15.6 Å². The lowest BCUT2D eigenvalue weighted by atomic mass is 10.1. The maximum atomic E-state index is 12.7. The molecule has 0 saturated carbocycles. The molecule has 0 spiro atoms. The van der Waals surface area contributed by atoms with Gasteiger partial charge in [-0.3, -0.25) is 0 Å². The molecule has 0 aromatic heterocycles. The maximum Gasteiger partial charge on any atom is 0.142 e. The molecule has 3 nitrogen and oxygen atoms in total. The van der Waals surface area contributed by atoms with Crippen molar-refractivity contribution in [2.24, 2.45) is 0 Å². The summed E-state index contributed by atoms with van der Waals surface area (Å²) in [6, 6.07) is 4.88. The first-order valence-electron chi connectivity index (χ1n) is 3.01. The second-order valence-corrected chi connectivity index (χ2v) is 2.07. The smallest absolute Gasteiger partial charge is 0.142 e. The van der Waals surface area contributed by atoms with Crippen LogP contribution in [0, 0.1) is 28.5 Å². The number of phenolic OH excluding ortho intramolecular Hbond substituents is 1. The fourth-order valence-corrected chi connectivity index (χ4v) is 0.737. The summed E-state index contributed by atoms with van der Waals surface area (Å²) in [5.41, 5.74) is -0.446. The molecule has 0 aliphatic carbocycles. The van der Waals surface area contributed by atoms with Crippen LogP contribution >= 0.6 is 0 Å². The molecule has 0 heterocycles. The van der Waals surface area contributed by atoms with Crippen LogP contribution in [0.2, 0.25) is 0 Å². The summed E-state index contributed by atoms with van der Waals surface area (Å²) in [5, 5.41) is 25.7. The van der Waals surface area contributed by atoms with Crippen LogP contribution in [0.5, 0.6) is 5.75 Å². The van der Waals surface area contributed by atoms with Crippen LogP contribution in [-0.4, -0.2) is 5.11 Å². The van der Waals surface area contributed by atoms with Crippen molar-refractivity contribution in [3.05, 3.63) is 29.1 Å². The zero-order valence-electron chi connectivity index (χ0n) is 5.87. The average Bonchev–Trinajstić information content (AvgIpc) is 2.08. The summed E-state index contributed by atoms with van der Waals surface area (Å²) in [6.45, 7) is 0. The lowest BCUT2D eigenvalue weighted by Crippen LogP contribution is -1.86. The van der Waals surface area contributed by atoms with E-state index in [-0.39, 0.29) is 16.9 Å². The van der Waals surface area contributed by atoms with E-state index in [9.17, 15) is 4.39 Å². The van der Waals surface area contributed by atoms with E-state index >= 15 is 0 Å².